The molecule has 0 spiro atoms. The fraction of sp³-hybridized carbons (Fsp3) is 0.926. The van der Waals surface area contributed by atoms with Crippen molar-refractivity contribution >= 4 is 17.9 Å². The van der Waals surface area contributed by atoms with Gasteiger partial charge in [-0.15, -0.1) is 0 Å². The number of carbonyl (C=O) groups excluding carboxylic acids is 3. The van der Waals surface area contributed by atoms with Crippen molar-refractivity contribution in [2.24, 2.45) is 0 Å². The number of hydrogen-bond donors (Lipinski definition) is 0. The van der Waals surface area contributed by atoms with Crippen LogP contribution in [0.2, 0.25) is 0 Å². The van der Waals surface area contributed by atoms with Crippen molar-refractivity contribution in [2.75, 3.05) is 13.2 Å². The zero-order chi connectivity index (χ0) is 53.6. The lowest BCUT2D eigenvalue weighted by Crippen LogP contribution is -2.30. The minimum Gasteiger partial charge on any atom is -0.462 e. The minimum atomic E-state index is -0.761. The summed E-state index contributed by atoms with van der Waals surface area (Å²) < 4.78 is 16.8. The van der Waals surface area contributed by atoms with E-state index >= 15 is 0 Å². The third kappa shape index (κ3) is 61.0. The van der Waals surface area contributed by atoms with Gasteiger partial charge in [0.25, 0.3) is 0 Å². The molecule has 0 aromatic rings. The predicted octanol–water partition coefficient (Wildman–Crippen LogP) is 22.8. The highest BCUT2D eigenvalue weighted by atomic mass is 16.6. The van der Waals surface area contributed by atoms with Gasteiger partial charge in [-0.25, -0.2) is 0 Å². The third-order valence-electron chi connectivity index (χ3n) is 15.5. The second-order valence-electron chi connectivity index (χ2n) is 23.1. The lowest BCUT2D eigenvalue weighted by Gasteiger charge is -2.18. The molecule has 0 aromatic heterocycles. The first-order valence-corrected chi connectivity index (χ1v) is 33.7. The molecule has 6 heteroatoms. The van der Waals surface area contributed by atoms with Gasteiger partial charge >= 0.3 is 17.9 Å². The van der Waals surface area contributed by atoms with E-state index in [0.717, 1.165) is 64.2 Å². The largest absolute Gasteiger partial charge is 0.462 e. The molecule has 74 heavy (non-hydrogen) atoms. The first-order valence-electron chi connectivity index (χ1n) is 33.7. The molecule has 0 aliphatic carbocycles. The van der Waals surface area contributed by atoms with Crippen LogP contribution in [0, 0.1) is 0 Å². The maximum absolute atomic E-state index is 12.8. The van der Waals surface area contributed by atoms with Crippen molar-refractivity contribution in [1.29, 1.82) is 0 Å². The molecule has 0 aliphatic rings. The standard InChI is InChI=1S/C68H130O6/c1-4-7-10-13-15-17-19-21-23-25-26-27-28-29-30-31-32-33-34-35-36-37-38-39-40-41-42-43-45-46-48-50-52-55-58-61-67(70)73-64-65(63-72-66(69)60-57-54-12-9-6-3)74-68(71)62-59-56-53-51-49-47-44-24-22-20-18-16-14-11-8-5-2/h25-26,65H,4-24,27-64H2,1-3H3/b26-25-. The number of ether oxygens (including phenoxy) is 3. The van der Waals surface area contributed by atoms with Crippen LogP contribution in [-0.4, -0.2) is 37.2 Å². The quantitative estimate of drug-likeness (QED) is 0.0261. The lowest BCUT2D eigenvalue weighted by molar-refractivity contribution is -0.167. The van der Waals surface area contributed by atoms with Gasteiger partial charge in [-0.3, -0.25) is 14.4 Å². The molecular weight excluding hydrogens is 913 g/mol. The van der Waals surface area contributed by atoms with Crippen molar-refractivity contribution in [3.05, 3.63) is 12.2 Å². The number of unbranched alkanes of at least 4 members (excludes halogenated alkanes) is 50. The van der Waals surface area contributed by atoms with Gasteiger partial charge < -0.3 is 14.2 Å². The van der Waals surface area contributed by atoms with Crippen LogP contribution >= 0.6 is 0 Å². The topological polar surface area (TPSA) is 78.9 Å². The summed E-state index contributed by atoms with van der Waals surface area (Å²) in [5.74, 6) is -0.851. The van der Waals surface area contributed by atoms with Gasteiger partial charge in [-0.1, -0.05) is 335 Å². The molecular formula is C68H130O6. The molecule has 438 valence electrons. The Bertz CT molecular complexity index is 1150. The third-order valence-corrected chi connectivity index (χ3v) is 15.5. The van der Waals surface area contributed by atoms with Crippen LogP contribution in [0.15, 0.2) is 12.2 Å². The molecule has 0 radical (unpaired) electrons. The molecule has 0 aromatic carbocycles. The van der Waals surface area contributed by atoms with Gasteiger partial charge in [0.05, 0.1) is 0 Å². The maximum Gasteiger partial charge on any atom is 0.306 e. The number of allylic oxidation sites excluding steroid dienone is 2. The molecule has 0 N–H and O–H groups in total. The van der Waals surface area contributed by atoms with E-state index in [4.69, 9.17) is 14.2 Å². The highest BCUT2D eigenvalue weighted by molar-refractivity contribution is 5.71. The minimum absolute atomic E-state index is 0.0637. The summed E-state index contributed by atoms with van der Waals surface area (Å²) in [4.78, 5) is 37.9. The Kier molecular flexibility index (Phi) is 62.1. The van der Waals surface area contributed by atoms with E-state index in [9.17, 15) is 14.4 Å². The summed E-state index contributed by atoms with van der Waals surface area (Å²) in [6.45, 7) is 6.62. The van der Waals surface area contributed by atoms with E-state index in [0.29, 0.717) is 19.3 Å². The van der Waals surface area contributed by atoms with Gasteiger partial charge in [-0.2, -0.15) is 0 Å². The van der Waals surface area contributed by atoms with Crippen LogP contribution in [0.5, 0.6) is 0 Å². The molecule has 0 rings (SSSR count). The van der Waals surface area contributed by atoms with Gasteiger partial charge in [-0.05, 0) is 44.9 Å². The zero-order valence-corrected chi connectivity index (χ0v) is 50.4. The summed E-state index contributed by atoms with van der Waals surface area (Å²) in [5.41, 5.74) is 0. The van der Waals surface area contributed by atoms with E-state index in [2.05, 4.69) is 32.9 Å². The van der Waals surface area contributed by atoms with Crippen LogP contribution in [0.3, 0.4) is 0 Å². The summed E-state index contributed by atoms with van der Waals surface area (Å²) in [7, 11) is 0. The maximum atomic E-state index is 12.8. The smallest absolute Gasteiger partial charge is 0.306 e. The van der Waals surface area contributed by atoms with Crippen molar-refractivity contribution in [1.82, 2.24) is 0 Å². The van der Waals surface area contributed by atoms with Crippen LogP contribution in [0.25, 0.3) is 0 Å². The Morgan fingerprint density at radius 3 is 0.676 bits per heavy atom. The Morgan fingerprint density at radius 2 is 0.446 bits per heavy atom. The Labute approximate surface area is 462 Å². The molecule has 0 bridgehead atoms. The van der Waals surface area contributed by atoms with Crippen molar-refractivity contribution in [2.45, 2.75) is 393 Å². The number of carbonyl (C=O) groups is 3. The highest BCUT2D eigenvalue weighted by Gasteiger charge is 2.19. The Morgan fingerprint density at radius 1 is 0.257 bits per heavy atom. The van der Waals surface area contributed by atoms with Crippen LogP contribution in [-0.2, 0) is 28.6 Å². The summed E-state index contributed by atoms with van der Waals surface area (Å²) in [5, 5.41) is 0. The predicted molar refractivity (Wildman–Crippen MR) is 321 cm³/mol. The van der Waals surface area contributed by atoms with Crippen molar-refractivity contribution in [3.63, 3.8) is 0 Å². The van der Waals surface area contributed by atoms with E-state index in [-0.39, 0.29) is 31.1 Å². The number of hydrogen-bond acceptors (Lipinski definition) is 6. The van der Waals surface area contributed by atoms with E-state index in [1.807, 2.05) is 0 Å². The lowest BCUT2D eigenvalue weighted by atomic mass is 10.0. The van der Waals surface area contributed by atoms with Gasteiger partial charge in [0.2, 0.25) is 0 Å². The van der Waals surface area contributed by atoms with Crippen molar-refractivity contribution < 1.29 is 28.6 Å². The van der Waals surface area contributed by atoms with Crippen molar-refractivity contribution in [3.8, 4) is 0 Å². The second kappa shape index (κ2) is 63.7. The first-order chi connectivity index (χ1) is 36.5. The Balaban J connectivity index is 3.82. The van der Waals surface area contributed by atoms with Gasteiger partial charge in [0.15, 0.2) is 6.10 Å². The average molecular weight is 1040 g/mol. The molecule has 1 atom stereocenters. The van der Waals surface area contributed by atoms with Crippen LogP contribution < -0.4 is 0 Å². The summed E-state index contributed by atoms with van der Waals surface area (Å²) in [6.07, 6.45) is 75.9. The van der Waals surface area contributed by atoms with Crippen LogP contribution in [0.4, 0.5) is 0 Å². The summed E-state index contributed by atoms with van der Waals surface area (Å²) >= 11 is 0. The van der Waals surface area contributed by atoms with Gasteiger partial charge in [0.1, 0.15) is 13.2 Å². The zero-order valence-electron chi connectivity index (χ0n) is 50.4. The molecule has 0 aliphatic heterocycles. The van der Waals surface area contributed by atoms with E-state index in [1.54, 1.807) is 0 Å². The SMILES string of the molecule is CCCCCCCCCC/C=C\CCCCCCCCCCCCCCCCCCCCCCCCCC(=O)OCC(COC(=O)CCCCCCC)OC(=O)CCCCCCCCCCCCCCCCCC. The molecule has 1 unspecified atom stereocenters. The molecule has 0 fully saturated rings. The van der Waals surface area contributed by atoms with E-state index < -0.39 is 6.10 Å². The number of esters is 3. The average Bonchev–Trinajstić information content (AvgIpc) is 3.40. The fourth-order valence-electron chi connectivity index (χ4n) is 10.4. The molecule has 0 saturated carbocycles. The fourth-order valence-corrected chi connectivity index (χ4v) is 10.4. The molecule has 6 nitrogen and oxygen atoms in total. The highest BCUT2D eigenvalue weighted by Crippen LogP contribution is 2.19. The van der Waals surface area contributed by atoms with Crippen LogP contribution in [0.1, 0.15) is 387 Å². The molecule has 0 saturated heterocycles. The summed E-state index contributed by atoms with van der Waals surface area (Å²) in [6, 6.07) is 0. The first kappa shape index (κ1) is 72.2. The van der Waals surface area contributed by atoms with Gasteiger partial charge in [0, 0.05) is 19.3 Å². The molecule has 0 heterocycles. The normalized spacial score (nSPS) is 12.0. The number of rotatable bonds is 63. The second-order valence-corrected chi connectivity index (χ2v) is 23.1. The van der Waals surface area contributed by atoms with E-state index in [1.165, 1.54) is 283 Å². The monoisotopic (exact) mass is 1040 g/mol. The molecule has 0 amide bonds. The Hall–Kier alpha value is -1.85.